The minimum atomic E-state index is 0.743. The van der Waals surface area contributed by atoms with E-state index in [1.165, 1.54) is 11.1 Å². The predicted octanol–water partition coefficient (Wildman–Crippen LogP) is 2.10. The quantitative estimate of drug-likeness (QED) is 0.933. The number of anilines is 2. The van der Waals surface area contributed by atoms with Crippen LogP contribution in [0.2, 0.25) is 0 Å². The molecular formula is C16H20N4O2. The van der Waals surface area contributed by atoms with Gasteiger partial charge in [-0.2, -0.15) is 4.98 Å². The average Bonchev–Trinajstić information content (AvgIpc) is 2.59. The number of hydrogen-bond donors (Lipinski definition) is 1. The van der Waals surface area contributed by atoms with Crippen molar-refractivity contribution in [3.8, 4) is 11.5 Å². The fourth-order valence-corrected chi connectivity index (χ4v) is 2.69. The molecule has 0 fully saturated rings. The van der Waals surface area contributed by atoms with Gasteiger partial charge in [0.05, 0.1) is 14.2 Å². The summed E-state index contributed by atoms with van der Waals surface area (Å²) in [5.74, 6) is 3.10. The second-order valence-corrected chi connectivity index (χ2v) is 5.14. The summed E-state index contributed by atoms with van der Waals surface area (Å²) in [5, 5.41) is 3.04. The number of hydrogen-bond acceptors (Lipinski definition) is 6. The Morgan fingerprint density at radius 2 is 1.86 bits per heavy atom. The van der Waals surface area contributed by atoms with Crippen LogP contribution in [0.25, 0.3) is 0 Å². The van der Waals surface area contributed by atoms with Crippen molar-refractivity contribution in [2.75, 3.05) is 38.0 Å². The van der Waals surface area contributed by atoms with Crippen molar-refractivity contribution >= 4 is 11.8 Å². The van der Waals surface area contributed by atoms with E-state index in [2.05, 4.69) is 26.3 Å². The van der Waals surface area contributed by atoms with E-state index >= 15 is 0 Å². The van der Waals surface area contributed by atoms with Gasteiger partial charge in [0, 0.05) is 26.3 Å². The third-order valence-electron chi connectivity index (χ3n) is 3.90. The summed E-state index contributed by atoms with van der Waals surface area (Å²) in [6.45, 7) is 1.65. The average molecular weight is 300 g/mol. The minimum Gasteiger partial charge on any atom is -0.493 e. The topological polar surface area (TPSA) is 59.5 Å². The first-order valence-electron chi connectivity index (χ1n) is 7.24. The molecular weight excluding hydrogens is 280 g/mol. The Balaban J connectivity index is 1.89. The molecule has 0 radical (unpaired) electrons. The Morgan fingerprint density at radius 3 is 2.55 bits per heavy atom. The van der Waals surface area contributed by atoms with E-state index in [0.717, 1.165) is 42.8 Å². The van der Waals surface area contributed by atoms with Crippen LogP contribution in [0.15, 0.2) is 24.4 Å². The van der Waals surface area contributed by atoms with Crippen LogP contribution in [0.1, 0.15) is 11.1 Å². The van der Waals surface area contributed by atoms with Gasteiger partial charge in [-0.3, -0.25) is 0 Å². The third-order valence-corrected chi connectivity index (χ3v) is 3.90. The first-order chi connectivity index (χ1) is 10.7. The number of methoxy groups -OCH3 is 2. The number of nitrogens with zero attached hydrogens (tertiary/aromatic N) is 3. The first kappa shape index (κ1) is 14.4. The monoisotopic (exact) mass is 300 g/mol. The van der Waals surface area contributed by atoms with Crippen molar-refractivity contribution in [3.05, 3.63) is 35.5 Å². The summed E-state index contributed by atoms with van der Waals surface area (Å²) in [6.07, 6.45) is 2.71. The lowest BCUT2D eigenvalue weighted by Crippen LogP contribution is -2.31. The van der Waals surface area contributed by atoms with Crippen LogP contribution in [0.5, 0.6) is 11.5 Å². The fourth-order valence-electron chi connectivity index (χ4n) is 2.69. The molecule has 22 heavy (non-hydrogen) atoms. The number of aromatic nitrogens is 2. The summed E-state index contributed by atoms with van der Waals surface area (Å²) < 4.78 is 10.8. The van der Waals surface area contributed by atoms with Crippen molar-refractivity contribution < 1.29 is 9.47 Å². The maximum Gasteiger partial charge on any atom is 0.227 e. The molecule has 0 spiro atoms. The van der Waals surface area contributed by atoms with Gasteiger partial charge in [-0.05, 0) is 35.7 Å². The number of fused-ring (bicyclic) bond motifs is 1. The molecule has 0 amide bonds. The lowest BCUT2D eigenvalue weighted by Gasteiger charge is -2.29. The molecule has 6 heteroatoms. The lowest BCUT2D eigenvalue weighted by molar-refractivity contribution is 0.353. The van der Waals surface area contributed by atoms with Gasteiger partial charge in [0.15, 0.2) is 11.5 Å². The van der Waals surface area contributed by atoms with Gasteiger partial charge < -0.3 is 19.7 Å². The molecule has 0 aliphatic carbocycles. The Kier molecular flexibility index (Phi) is 4.00. The zero-order chi connectivity index (χ0) is 15.5. The summed E-state index contributed by atoms with van der Waals surface area (Å²) in [7, 11) is 5.18. The molecule has 3 rings (SSSR count). The zero-order valence-electron chi connectivity index (χ0n) is 13.1. The first-order valence-corrected chi connectivity index (χ1v) is 7.24. The standard InChI is InChI=1S/C16H20N4O2/c1-17-15-4-6-18-16(19-15)20-7-5-11-8-13(21-2)14(22-3)9-12(11)10-20/h4,6,8-9H,5,7,10H2,1-3H3,(H,17,18,19). The molecule has 0 bridgehead atoms. The maximum absolute atomic E-state index is 5.39. The number of benzene rings is 1. The number of nitrogens with one attached hydrogen (secondary N) is 1. The fraction of sp³-hybridized carbons (Fsp3) is 0.375. The Hall–Kier alpha value is -2.50. The van der Waals surface area contributed by atoms with Crippen molar-refractivity contribution in [2.24, 2.45) is 0 Å². The number of rotatable bonds is 4. The molecule has 116 valence electrons. The second-order valence-electron chi connectivity index (χ2n) is 5.14. The smallest absolute Gasteiger partial charge is 0.227 e. The molecule has 0 atom stereocenters. The van der Waals surface area contributed by atoms with Gasteiger partial charge in [-0.25, -0.2) is 4.98 Å². The Morgan fingerprint density at radius 1 is 1.14 bits per heavy atom. The van der Waals surface area contributed by atoms with E-state index in [1.807, 2.05) is 19.2 Å². The van der Waals surface area contributed by atoms with Crippen LogP contribution in [0.3, 0.4) is 0 Å². The van der Waals surface area contributed by atoms with Gasteiger partial charge in [0.1, 0.15) is 5.82 Å². The van der Waals surface area contributed by atoms with Gasteiger partial charge in [0.2, 0.25) is 5.95 Å². The molecule has 2 aromatic rings. The van der Waals surface area contributed by atoms with Crippen LogP contribution in [-0.4, -0.2) is 37.8 Å². The summed E-state index contributed by atoms with van der Waals surface area (Å²) >= 11 is 0. The second kappa shape index (κ2) is 6.09. The van der Waals surface area contributed by atoms with E-state index in [4.69, 9.17) is 9.47 Å². The molecule has 2 heterocycles. The van der Waals surface area contributed by atoms with Gasteiger partial charge in [0.25, 0.3) is 0 Å². The zero-order valence-corrected chi connectivity index (χ0v) is 13.1. The normalized spacial score (nSPS) is 13.5. The van der Waals surface area contributed by atoms with Crippen LogP contribution >= 0.6 is 0 Å². The SMILES string of the molecule is CNc1ccnc(N2CCc3cc(OC)c(OC)cc3C2)n1. The molecule has 1 aromatic carbocycles. The molecule has 1 aliphatic heterocycles. The molecule has 1 N–H and O–H groups in total. The van der Waals surface area contributed by atoms with Gasteiger partial charge in [-0.15, -0.1) is 0 Å². The molecule has 1 aromatic heterocycles. The highest BCUT2D eigenvalue weighted by Crippen LogP contribution is 2.33. The van der Waals surface area contributed by atoms with Crippen LogP contribution in [0, 0.1) is 0 Å². The van der Waals surface area contributed by atoms with E-state index in [1.54, 1.807) is 20.4 Å². The molecule has 0 saturated heterocycles. The summed E-state index contributed by atoms with van der Waals surface area (Å²) in [5.41, 5.74) is 2.51. The number of ether oxygens (including phenoxy) is 2. The van der Waals surface area contributed by atoms with Crippen LogP contribution in [0.4, 0.5) is 11.8 Å². The Labute approximate surface area is 130 Å². The maximum atomic E-state index is 5.39. The van der Waals surface area contributed by atoms with E-state index in [-0.39, 0.29) is 0 Å². The van der Waals surface area contributed by atoms with E-state index < -0.39 is 0 Å². The van der Waals surface area contributed by atoms with E-state index in [9.17, 15) is 0 Å². The minimum absolute atomic E-state index is 0.743. The van der Waals surface area contributed by atoms with Crippen LogP contribution < -0.4 is 19.7 Å². The third kappa shape index (κ3) is 2.64. The highest BCUT2D eigenvalue weighted by molar-refractivity contribution is 5.51. The van der Waals surface area contributed by atoms with E-state index in [0.29, 0.717) is 0 Å². The summed E-state index contributed by atoms with van der Waals surface area (Å²) in [4.78, 5) is 11.1. The largest absolute Gasteiger partial charge is 0.493 e. The van der Waals surface area contributed by atoms with Gasteiger partial charge >= 0.3 is 0 Å². The lowest BCUT2D eigenvalue weighted by atomic mass is 9.99. The molecule has 0 unspecified atom stereocenters. The van der Waals surface area contributed by atoms with Crippen molar-refractivity contribution in [1.82, 2.24) is 9.97 Å². The molecule has 0 saturated carbocycles. The predicted molar refractivity (Wildman–Crippen MR) is 85.9 cm³/mol. The summed E-state index contributed by atoms with van der Waals surface area (Å²) in [6, 6.07) is 5.97. The van der Waals surface area contributed by atoms with Crippen molar-refractivity contribution in [1.29, 1.82) is 0 Å². The molecule has 1 aliphatic rings. The van der Waals surface area contributed by atoms with Crippen molar-refractivity contribution in [3.63, 3.8) is 0 Å². The highest BCUT2D eigenvalue weighted by atomic mass is 16.5. The Bertz CT molecular complexity index is 675. The highest BCUT2D eigenvalue weighted by Gasteiger charge is 2.21. The van der Waals surface area contributed by atoms with Crippen molar-refractivity contribution in [2.45, 2.75) is 13.0 Å². The van der Waals surface area contributed by atoms with Gasteiger partial charge in [-0.1, -0.05) is 0 Å². The molecule has 6 nitrogen and oxygen atoms in total. The van der Waals surface area contributed by atoms with Crippen LogP contribution in [-0.2, 0) is 13.0 Å².